The van der Waals surface area contributed by atoms with Crippen molar-refractivity contribution in [3.8, 4) is 5.69 Å². The fraction of sp³-hybridized carbons (Fsp3) is 0.474. The van der Waals surface area contributed by atoms with Crippen LogP contribution in [0.3, 0.4) is 0 Å². The second kappa shape index (κ2) is 8.77. The van der Waals surface area contributed by atoms with Crippen molar-refractivity contribution in [2.45, 2.75) is 13.8 Å². The van der Waals surface area contributed by atoms with E-state index in [1.165, 1.54) is 6.33 Å². The van der Waals surface area contributed by atoms with E-state index in [9.17, 15) is 9.59 Å². The van der Waals surface area contributed by atoms with Gasteiger partial charge in [0.25, 0.3) is 5.91 Å². The van der Waals surface area contributed by atoms with Crippen LogP contribution in [0.5, 0.6) is 0 Å². The highest BCUT2D eigenvalue weighted by molar-refractivity contribution is 5.94. The second-order valence-electron chi connectivity index (χ2n) is 6.52. The maximum absolute atomic E-state index is 12.7. The number of piperazine rings is 1. The summed E-state index contributed by atoms with van der Waals surface area (Å²) < 4.78 is 1.65. The quantitative estimate of drug-likeness (QED) is 0.755. The fourth-order valence-electron chi connectivity index (χ4n) is 3.26. The minimum Gasteiger partial charge on any atom is -0.342 e. The molecule has 144 valence electrons. The first-order valence-electron chi connectivity index (χ1n) is 9.36. The summed E-state index contributed by atoms with van der Waals surface area (Å²) in [4.78, 5) is 34.7. The van der Waals surface area contributed by atoms with Crippen molar-refractivity contribution in [3.05, 3.63) is 42.5 Å². The van der Waals surface area contributed by atoms with Crippen molar-refractivity contribution in [2.24, 2.45) is 0 Å². The summed E-state index contributed by atoms with van der Waals surface area (Å²) in [6.07, 6.45) is 3.10. The molecular weight excluding hydrogens is 344 g/mol. The largest absolute Gasteiger partial charge is 0.342 e. The van der Waals surface area contributed by atoms with Crippen LogP contribution in [0.4, 0.5) is 0 Å². The Morgan fingerprint density at radius 3 is 2.26 bits per heavy atom. The molecule has 1 saturated heterocycles. The van der Waals surface area contributed by atoms with Crippen LogP contribution in [0.25, 0.3) is 5.69 Å². The van der Waals surface area contributed by atoms with Gasteiger partial charge >= 0.3 is 0 Å². The van der Waals surface area contributed by atoms with Crippen LogP contribution in [0.1, 0.15) is 24.2 Å². The summed E-state index contributed by atoms with van der Waals surface area (Å²) in [7, 11) is 0. The first-order chi connectivity index (χ1) is 13.1. The van der Waals surface area contributed by atoms with Gasteiger partial charge in [-0.1, -0.05) is 0 Å². The van der Waals surface area contributed by atoms with Gasteiger partial charge in [-0.2, -0.15) is 5.10 Å². The van der Waals surface area contributed by atoms with E-state index in [0.29, 0.717) is 25.2 Å². The average Bonchev–Trinajstić information content (AvgIpc) is 3.24. The van der Waals surface area contributed by atoms with Crippen molar-refractivity contribution < 1.29 is 9.59 Å². The Labute approximate surface area is 159 Å². The van der Waals surface area contributed by atoms with E-state index < -0.39 is 0 Å². The summed E-state index contributed by atoms with van der Waals surface area (Å²) in [5.74, 6) is 0.179. The molecule has 1 fully saturated rings. The number of carbonyl (C=O) groups is 2. The molecule has 0 radical (unpaired) electrons. The lowest BCUT2D eigenvalue weighted by molar-refractivity contribution is -0.132. The molecule has 27 heavy (non-hydrogen) atoms. The average molecular weight is 370 g/mol. The van der Waals surface area contributed by atoms with E-state index in [4.69, 9.17) is 0 Å². The molecule has 0 N–H and O–H groups in total. The van der Waals surface area contributed by atoms with Crippen molar-refractivity contribution in [2.75, 3.05) is 45.8 Å². The molecule has 0 aliphatic carbocycles. The van der Waals surface area contributed by atoms with E-state index in [1.54, 1.807) is 11.0 Å². The summed E-state index contributed by atoms with van der Waals surface area (Å²) in [5, 5.41) is 4.08. The van der Waals surface area contributed by atoms with Crippen LogP contribution in [0.15, 0.2) is 36.9 Å². The minimum atomic E-state index is 0.0230. The standard InChI is InChI=1S/C19H26N6O2/c1-3-23(4-2)18(26)13-22-9-11-24(12-10-22)19(27)16-5-7-17(8-6-16)25-15-20-14-21-25/h5-8,14-15H,3-4,9-13H2,1-2H3. The molecular formula is C19H26N6O2. The molecule has 3 rings (SSSR count). The molecule has 8 nitrogen and oxygen atoms in total. The Balaban J connectivity index is 1.53. The monoisotopic (exact) mass is 370 g/mol. The minimum absolute atomic E-state index is 0.0230. The summed E-state index contributed by atoms with van der Waals surface area (Å²) in [6, 6.07) is 7.35. The highest BCUT2D eigenvalue weighted by atomic mass is 16.2. The van der Waals surface area contributed by atoms with Crippen LogP contribution in [0, 0.1) is 0 Å². The number of amides is 2. The molecule has 2 aromatic rings. The smallest absolute Gasteiger partial charge is 0.253 e. The van der Waals surface area contributed by atoms with E-state index in [1.807, 2.05) is 47.9 Å². The van der Waals surface area contributed by atoms with Gasteiger partial charge in [-0.05, 0) is 38.1 Å². The Kier molecular flexibility index (Phi) is 6.18. The van der Waals surface area contributed by atoms with Crippen molar-refractivity contribution in [1.29, 1.82) is 0 Å². The summed E-state index contributed by atoms with van der Waals surface area (Å²) in [6.45, 7) is 8.58. The summed E-state index contributed by atoms with van der Waals surface area (Å²) >= 11 is 0. The first kappa shape index (κ1) is 19.0. The zero-order valence-electron chi connectivity index (χ0n) is 15.9. The van der Waals surface area contributed by atoms with Crippen molar-refractivity contribution in [3.63, 3.8) is 0 Å². The van der Waals surface area contributed by atoms with E-state index in [0.717, 1.165) is 31.9 Å². The molecule has 0 atom stereocenters. The third kappa shape index (κ3) is 4.51. The molecule has 0 bridgehead atoms. The van der Waals surface area contributed by atoms with Gasteiger partial charge in [0, 0.05) is 44.8 Å². The number of nitrogens with zero attached hydrogens (tertiary/aromatic N) is 6. The van der Waals surface area contributed by atoms with Gasteiger partial charge in [0.2, 0.25) is 5.91 Å². The normalized spacial score (nSPS) is 15.0. The Bertz CT molecular complexity index is 747. The van der Waals surface area contributed by atoms with Gasteiger partial charge in [-0.25, -0.2) is 9.67 Å². The molecule has 0 unspecified atom stereocenters. The lowest BCUT2D eigenvalue weighted by Crippen LogP contribution is -2.51. The lowest BCUT2D eigenvalue weighted by Gasteiger charge is -2.35. The highest BCUT2D eigenvalue weighted by Gasteiger charge is 2.24. The number of rotatable bonds is 6. The molecule has 2 amide bonds. The predicted octanol–water partition coefficient (Wildman–Crippen LogP) is 0.894. The van der Waals surface area contributed by atoms with Gasteiger partial charge < -0.3 is 9.80 Å². The van der Waals surface area contributed by atoms with Gasteiger partial charge in [-0.3, -0.25) is 14.5 Å². The number of aromatic nitrogens is 3. The van der Waals surface area contributed by atoms with E-state index in [-0.39, 0.29) is 11.8 Å². The number of hydrogen-bond acceptors (Lipinski definition) is 5. The molecule has 1 aromatic heterocycles. The Morgan fingerprint density at radius 2 is 1.70 bits per heavy atom. The fourth-order valence-corrected chi connectivity index (χ4v) is 3.26. The second-order valence-corrected chi connectivity index (χ2v) is 6.52. The van der Waals surface area contributed by atoms with E-state index >= 15 is 0 Å². The number of likely N-dealkylation sites (N-methyl/N-ethyl adjacent to an activating group) is 1. The predicted molar refractivity (Wildman–Crippen MR) is 102 cm³/mol. The van der Waals surface area contributed by atoms with Gasteiger partial charge in [0.05, 0.1) is 12.2 Å². The first-order valence-corrected chi connectivity index (χ1v) is 9.36. The number of benzene rings is 1. The zero-order valence-corrected chi connectivity index (χ0v) is 15.9. The molecule has 0 spiro atoms. The lowest BCUT2D eigenvalue weighted by atomic mass is 10.1. The van der Waals surface area contributed by atoms with E-state index in [2.05, 4.69) is 15.0 Å². The third-order valence-electron chi connectivity index (χ3n) is 4.93. The molecule has 0 saturated carbocycles. The molecule has 1 aliphatic rings. The maximum atomic E-state index is 12.7. The maximum Gasteiger partial charge on any atom is 0.253 e. The van der Waals surface area contributed by atoms with Crippen molar-refractivity contribution in [1.82, 2.24) is 29.5 Å². The van der Waals surface area contributed by atoms with Crippen LogP contribution in [-0.4, -0.2) is 87.1 Å². The summed E-state index contributed by atoms with van der Waals surface area (Å²) in [5.41, 5.74) is 1.52. The Morgan fingerprint density at radius 1 is 1.04 bits per heavy atom. The molecule has 2 heterocycles. The topological polar surface area (TPSA) is 74.6 Å². The van der Waals surface area contributed by atoms with Crippen LogP contribution in [-0.2, 0) is 4.79 Å². The van der Waals surface area contributed by atoms with Gasteiger partial charge in [0.1, 0.15) is 12.7 Å². The molecule has 1 aliphatic heterocycles. The highest BCUT2D eigenvalue weighted by Crippen LogP contribution is 2.12. The van der Waals surface area contributed by atoms with Crippen molar-refractivity contribution >= 4 is 11.8 Å². The zero-order chi connectivity index (χ0) is 19.2. The number of carbonyl (C=O) groups excluding carboxylic acids is 2. The molecule has 1 aromatic carbocycles. The Hall–Kier alpha value is -2.74. The third-order valence-corrected chi connectivity index (χ3v) is 4.93. The van der Waals surface area contributed by atoms with Crippen LogP contribution in [0.2, 0.25) is 0 Å². The molecule has 8 heteroatoms. The van der Waals surface area contributed by atoms with Gasteiger partial charge in [-0.15, -0.1) is 0 Å². The SMILES string of the molecule is CCN(CC)C(=O)CN1CCN(C(=O)c2ccc(-n3cncn3)cc2)CC1. The van der Waals surface area contributed by atoms with Crippen LogP contribution >= 0.6 is 0 Å². The van der Waals surface area contributed by atoms with Gasteiger partial charge in [0.15, 0.2) is 0 Å². The number of hydrogen-bond donors (Lipinski definition) is 0. The van der Waals surface area contributed by atoms with Crippen LogP contribution < -0.4 is 0 Å².